The molecule has 1 aromatic heterocycles. The number of hydrogen-bond acceptors (Lipinski definition) is 6. The normalized spacial score (nSPS) is 20.3. The average molecular weight is 340 g/mol. The zero-order valence-corrected chi connectivity index (χ0v) is 13.9. The monoisotopic (exact) mass is 340 g/mol. The minimum absolute atomic E-state index is 0.242. The highest BCUT2D eigenvalue weighted by Gasteiger charge is 2.43. The number of ether oxygens (including phenoxy) is 1. The maximum absolute atomic E-state index is 12.2. The molecule has 1 saturated heterocycles. The van der Waals surface area contributed by atoms with Crippen molar-refractivity contribution in [1.29, 1.82) is 0 Å². The van der Waals surface area contributed by atoms with Crippen LogP contribution in [0, 0.1) is 0 Å². The van der Waals surface area contributed by atoms with Crippen LogP contribution in [0.3, 0.4) is 0 Å². The zero-order chi connectivity index (χ0) is 16.8. The summed E-state index contributed by atoms with van der Waals surface area (Å²) in [4.78, 5) is 37.1. The van der Waals surface area contributed by atoms with Gasteiger partial charge in [0.05, 0.1) is 6.26 Å². The van der Waals surface area contributed by atoms with E-state index in [4.69, 9.17) is 9.15 Å². The summed E-state index contributed by atoms with van der Waals surface area (Å²) in [5.74, 6) is -0.147. The van der Waals surface area contributed by atoms with Crippen LogP contribution in [0.2, 0.25) is 0 Å². The summed E-state index contributed by atoms with van der Waals surface area (Å²) in [6.45, 7) is 3.53. The smallest absolute Gasteiger partial charge is 0.330 e. The number of thioether (sulfide) groups is 1. The van der Waals surface area contributed by atoms with Gasteiger partial charge in [0.2, 0.25) is 5.91 Å². The molecule has 8 heteroatoms. The van der Waals surface area contributed by atoms with Crippen LogP contribution in [-0.2, 0) is 19.1 Å². The van der Waals surface area contributed by atoms with Crippen LogP contribution < -0.4 is 5.32 Å². The van der Waals surface area contributed by atoms with Crippen molar-refractivity contribution < 1.29 is 23.5 Å². The lowest BCUT2D eigenvalue weighted by Gasteiger charge is -2.25. The molecule has 1 aromatic rings. The number of esters is 1. The molecule has 1 aliphatic heterocycles. The first-order valence-electron chi connectivity index (χ1n) is 7.41. The minimum atomic E-state index is -0.716. The number of rotatable bonds is 6. The predicted molar refractivity (Wildman–Crippen MR) is 84.5 cm³/mol. The lowest BCUT2D eigenvalue weighted by atomic mass is 10.2. The predicted octanol–water partition coefficient (Wildman–Crippen LogP) is 1.31. The second-order valence-corrected chi connectivity index (χ2v) is 6.21. The molecule has 0 saturated carbocycles. The summed E-state index contributed by atoms with van der Waals surface area (Å²) in [6.07, 6.45) is 2.33. The fourth-order valence-corrected chi connectivity index (χ4v) is 3.69. The molecule has 0 unspecified atom stereocenters. The van der Waals surface area contributed by atoms with Crippen LogP contribution in [0.25, 0.3) is 0 Å². The maximum atomic E-state index is 12.2. The highest BCUT2D eigenvalue weighted by atomic mass is 32.2. The van der Waals surface area contributed by atoms with Crippen LogP contribution in [0.5, 0.6) is 0 Å². The van der Waals surface area contributed by atoms with Crippen LogP contribution >= 0.6 is 11.8 Å². The molecule has 0 spiro atoms. The molecule has 0 radical (unpaired) electrons. The van der Waals surface area contributed by atoms with Gasteiger partial charge in [-0.25, -0.2) is 4.79 Å². The minimum Gasteiger partial charge on any atom is -0.466 e. The Morgan fingerprint density at radius 3 is 2.87 bits per heavy atom. The van der Waals surface area contributed by atoms with E-state index in [0.29, 0.717) is 18.1 Å². The first-order chi connectivity index (χ1) is 11.0. The maximum Gasteiger partial charge on any atom is 0.330 e. The molecule has 2 atom stereocenters. The summed E-state index contributed by atoms with van der Waals surface area (Å²) in [5.41, 5.74) is 0. The Balaban J connectivity index is 1.97. The summed E-state index contributed by atoms with van der Waals surface area (Å²) < 4.78 is 10.4. The summed E-state index contributed by atoms with van der Waals surface area (Å²) in [6, 6.07) is 2.78. The largest absolute Gasteiger partial charge is 0.466 e. The fourth-order valence-electron chi connectivity index (χ4n) is 2.27. The van der Waals surface area contributed by atoms with Gasteiger partial charge < -0.3 is 19.4 Å². The second-order valence-electron chi connectivity index (χ2n) is 5.10. The van der Waals surface area contributed by atoms with E-state index in [1.807, 2.05) is 6.92 Å². The highest BCUT2D eigenvalue weighted by molar-refractivity contribution is 7.99. The summed E-state index contributed by atoms with van der Waals surface area (Å²) >= 11 is 1.43. The molecule has 1 N–H and O–H groups in total. The van der Waals surface area contributed by atoms with Gasteiger partial charge in [-0.1, -0.05) is 6.92 Å². The molecule has 2 rings (SSSR count). The van der Waals surface area contributed by atoms with Gasteiger partial charge in [0.15, 0.2) is 6.61 Å². The zero-order valence-electron chi connectivity index (χ0n) is 13.1. The van der Waals surface area contributed by atoms with Gasteiger partial charge >= 0.3 is 5.97 Å². The first kappa shape index (κ1) is 17.4. The topological polar surface area (TPSA) is 88.8 Å². The third kappa shape index (κ3) is 4.28. The van der Waals surface area contributed by atoms with E-state index in [1.165, 1.54) is 29.8 Å². The Labute approximate surface area is 138 Å². The third-order valence-electron chi connectivity index (χ3n) is 3.34. The Hall–Kier alpha value is -1.96. The van der Waals surface area contributed by atoms with Crippen molar-refractivity contribution in [1.82, 2.24) is 10.2 Å². The molecule has 1 aliphatic rings. The van der Waals surface area contributed by atoms with Crippen LogP contribution in [-0.4, -0.2) is 47.6 Å². The van der Waals surface area contributed by atoms with E-state index >= 15 is 0 Å². The van der Waals surface area contributed by atoms with E-state index in [9.17, 15) is 14.4 Å². The van der Waals surface area contributed by atoms with Gasteiger partial charge in [-0.05, 0) is 18.6 Å². The van der Waals surface area contributed by atoms with Crippen LogP contribution in [0.4, 0.5) is 0 Å². The number of amides is 2. The molecular formula is C15H20N2O5S. The van der Waals surface area contributed by atoms with E-state index in [-0.39, 0.29) is 23.8 Å². The van der Waals surface area contributed by atoms with Crippen LogP contribution in [0.1, 0.15) is 31.4 Å². The summed E-state index contributed by atoms with van der Waals surface area (Å²) in [7, 11) is 0. The number of hydrogen-bond donors (Lipinski definition) is 1. The first-order valence-corrected chi connectivity index (χ1v) is 8.46. The number of carbonyl (C=O) groups excluding carboxylic acids is 3. The van der Waals surface area contributed by atoms with Gasteiger partial charge in [-0.2, -0.15) is 0 Å². The van der Waals surface area contributed by atoms with Gasteiger partial charge in [0.1, 0.15) is 17.2 Å². The van der Waals surface area contributed by atoms with Crippen molar-refractivity contribution in [2.75, 3.05) is 18.9 Å². The molecule has 2 amide bonds. The number of carbonyl (C=O) groups is 3. The van der Waals surface area contributed by atoms with Gasteiger partial charge in [0, 0.05) is 19.2 Å². The summed E-state index contributed by atoms with van der Waals surface area (Å²) in [5, 5.41) is 2.27. The molecule has 0 aromatic carbocycles. The Morgan fingerprint density at radius 2 is 2.26 bits per heavy atom. The molecular weight excluding hydrogens is 320 g/mol. The van der Waals surface area contributed by atoms with Crippen molar-refractivity contribution in [2.24, 2.45) is 0 Å². The molecule has 1 fully saturated rings. The van der Waals surface area contributed by atoms with E-state index in [2.05, 4.69) is 5.32 Å². The molecule has 7 nitrogen and oxygen atoms in total. The van der Waals surface area contributed by atoms with Crippen molar-refractivity contribution in [3.8, 4) is 0 Å². The molecule has 2 heterocycles. The van der Waals surface area contributed by atoms with Crippen molar-refractivity contribution in [2.45, 2.75) is 31.7 Å². The van der Waals surface area contributed by atoms with E-state index in [0.717, 1.165) is 6.42 Å². The van der Waals surface area contributed by atoms with Gasteiger partial charge in [-0.15, -0.1) is 11.8 Å². The Bertz CT molecular complexity index is 560. The Morgan fingerprint density at radius 1 is 1.48 bits per heavy atom. The third-order valence-corrected chi connectivity index (χ3v) is 4.62. The number of nitrogens with one attached hydrogen (secondary N) is 1. The molecule has 126 valence electrons. The van der Waals surface area contributed by atoms with Gasteiger partial charge in [0.25, 0.3) is 5.91 Å². The standard InChI is InChI=1S/C15H20N2O5S/c1-3-6-16-13(19)8-22-15(20)11-9-23-14(17(11)10(2)18)12-5-4-7-21-12/h4-5,7,11,14H,3,6,8-9H2,1-2H3,(H,16,19)/t11-,14-/m1/s1. The lowest BCUT2D eigenvalue weighted by Crippen LogP contribution is -2.43. The van der Waals surface area contributed by atoms with Crippen molar-refractivity contribution in [3.05, 3.63) is 24.2 Å². The van der Waals surface area contributed by atoms with E-state index in [1.54, 1.807) is 12.1 Å². The molecule has 0 aliphatic carbocycles. The highest BCUT2D eigenvalue weighted by Crippen LogP contribution is 2.41. The fraction of sp³-hybridized carbons (Fsp3) is 0.533. The second kappa shape index (κ2) is 8.05. The quantitative estimate of drug-likeness (QED) is 0.786. The molecule has 23 heavy (non-hydrogen) atoms. The Kier molecular flexibility index (Phi) is 6.09. The number of furan rings is 1. The van der Waals surface area contributed by atoms with Crippen molar-refractivity contribution >= 4 is 29.5 Å². The van der Waals surface area contributed by atoms with Gasteiger partial charge in [-0.3, -0.25) is 9.59 Å². The number of nitrogens with zero attached hydrogens (tertiary/aromatic N) is 1. The van der Waals surface area contributed by atoms with Crippen molar-refractivity contribution in [3.63, 3.8) is 0 Å². The lowest BCUT2D eigenvalue weighted by molar-refractivity contribution is -0.156. The average Bonchev–Trinajstić information content (AvgIpc) is 3.18. The van der Waals surface area contributed by atoms with E-state index < -0.39 is 12.0 Å². The SMILES string of the molecule is CCCNC(=O)COC(=O)[C@H]1CS[C@H](c2ccco2)N1C(C)=O. The van der Waals surface area contributed by atoms with Crippen LogP contribution in [0.15, 0.2) is 22.8 Å². The molecule has 0 bridgehead atoms.